The first-order valence-corrected chi connectivity index (χ1v) is 3.71. The number of rotatable bonds is 2. The zero-order chi connectivity index (χ0) is 8.27. The van der Waals surface area contributed by atoms with E-state index in [9.17, 15) is 4.39 Å². The third-order valence-electron chi connectivity index (χ3n) is 1.36. The molecule has 3 heteroatoms. The first-order valence-electron chi connectivity index (χ1n) is 3.33. The predicted molar refractivity (Wildman–Crippen MR) is 45.5 cm³/mol. The minimum Gasteiger partial charge on any atom is -0.399 e. The maximum Gasteiger partial charge on any atom is 0.0934 e. The summed E-state index contributed by atoms with van der Waals surface area (Å²) in [6.07, 6.45) is 0.380. The molecule has 0 bridgehead atoms. The minimum absolute atomic E-state index is 0.375. The Morgan fingerprint density at radius 2 is 2.09 bits per heavy atom. The zero-order valence-corrected chi connectivity index (χ0v) is 6.74. The molecular formula is C8H9ClFN. The molecule has 0 radical (unpaired) electrons. The Hall–Kier alpha value is -0.760. The average Bonchev–Trinajstić information content (AvgIpc) is 1.85. The number of hydrogen-bond acceptors (Lipinski definition) is 1. The van der Waals surface area contributed by atoms with E-state index < -0.39 is 0 Å². The molecule has 0 aromatic heterocycles. The summed E-state index contributed by atoms with van der Waals surface area (Å²) in [5.74, 6) is 0. The third-order valence-corrected chi connectivity index (χ3v) is 1.58. The van der Waals surface area contributed by atoms with E-state index in [4.69, 9.17) is 17.3 Å². The van der Waals surface area contributed by atoms with Crippen LogP contribution in [0.1, 0.15) is 5.56 Å². The van der Waals surface area contributed by atoms with Gasteiger partial charge in [-0.2, -0.15) is 0 Å². The summed E-state index contributed by atoms with van der Waals surface area (Å²) in [6, 6.07) is 5.09. The van der Waals surface area contributed by atoms with Crippen molar-refractivity contribution < 1.29 is 4.39 Å². The second-order valence-corrected chi connectivity index (χ2v) is 2.77. The van der Waals surface area contributed by atoms with Gasteiger partial charge in [-0.25, -0.2) is 0 Å². The highest BCUT2D eigenvalue weighted by Crippen LogP contribution is 2.16. The standard InChI is InChI=1S/C8H9ClFN/c9-7-3-6(1-2-10)4-8(11)5-7/h3-5H,1-2,11H2. The second-order valence-electron chi connectivity index (χ2n) is 2.33. The summed E-state index contributed by atoms with van der Waals surface area (Å²) in [7, 11) is 0. The van der Waals surface area contributed by atoms with Gasteiger partial charge in [0.2, 0.25) is 0 Å². The molecule has 0 aliphatic heterocycles. The lowest BCUT2D eigenvalue weighted by Crippen LogP contribution is -1.90. The topological polar surface area (TPSA) is 26.0 Å². The molecule has 11 heavy (non-hydrogen) atoms. The molecule has 0 unspecified atom stereocenters. The first kappa shape index (κ1) is 8.34. The van der Waals surface area contributed by atoms with E-state index in [1.165, 1.54) is 0 Å². The van der Waals surface area contributed by atoms with E-state index in [1.807, 2.05) is 0 Å². The van der Waals surface area contributed by atoms with Crippen LogP contribution < -0.4 is 5.73 Å². The minimum atomic E-state index is -0.375. The summed E-state index contributed by atoms with van der Waals surface area (Å²) in [6.45, 7) is -0.375. The molecule has 60 valence electrons. The van der Waals surface area contributed by atoms with E-state index in [2.05, 4.69) is 0 Å². The maximum absolute atomic E-state index is 11.9. The van der Waals surface area contributed by atoms with Crippen molar-refractivity contribution in [3.8, 4) is 0 Å². The van der Waals surface area contributed by atoms with E-state index in [-0.39, 0.29) is 6.67 Å². The van der Waals surface area contributed by atoms with Crippen molar-refractivity contribution in [1.29, 1.82) is 0 Å². The summed E-state index contributed by atoms with van der Waals surface area (Å²) in [4.78, 5) is 0. The number of benzene rings is 1. The van der Waals surface area contributed by atoms with Crippen molar-refractivity contribution in [3.05, 3.63) is 28.8 Å². The molecule has 1 aromatic carbocycles. The number of nitrogen functional groups attached to an aromatic ring is 1. The Labute approximate surface area is 70.0 Å². The lowest BCUT2D eigenvalue weighted by Gasteiger charge is -1.99. The van der Waals surface area contributed by atoms with Crippen LogP contribution in [0.2, 0.25) is 5.02 Å². The number of nitrogens with two attached hydrogens (primary N) is 1. The molecule has 0 aliphatic carbocycles. The van der Waals surface area contributed by atoms with E-state index in [0.717, 1.165) is 5.56 Å². The SMILES string of the molecule is Nc1cc(Cl)cc(CCF)c1. The van der Waals surface area contributed by atoms with Crippen LogP contribution in [0, 0.1) is 0 Å². The van der Waals surface area contributed by atoms with Gasteiger partial charge in [-0.15, -0.1) is 0 Å². The maximum atomic E-state index is 11.9. The fourth-order valence-corrected chi connectivity index (χ4v) is 1.19. The van der Waals surface area contributed by atoms with Crippen LogP contribution in [0.15, 0.2) is 18.2 Å². The number of anilines is 1. The third kappa shape index (κ3) is 2.39. The fourth-order valence-electron chi connectivity index (χ4n) is 0.929. The first-order chi connectivity index (χ1) is 5.22. The molecule has 2 N–H and O–H groups in total. The molecule has 1 aromatic rings. The smallest absolute Gasteiger partial charge is 0.0934 e. The monoisotopic (exact) mass is 173 g/mol. The van der Waals surface area contributed by atoms with Gasteiger partial charge < -0.3 is 5.73 Å². The quantitative estimate of drug-likeness (QED) is 0.683. The van der Waals surface area contributed by atoms with Gasteiger partial charge in [-0.05, 0) is 23.8 Å². The van der Waals surface area contributed by atoms with Gasteiger partial charge in [0.05, 0.1) is 6.67 Å². The van der Waals surface area contributed by atoms with Crippen molar-refractivity contribution in [1.82, 2.24) is 0 Å². The summed E-state index contributed by atoms with van der Waals surface area (Å²) < 4.78 is 11.9. The fraction of sp³-hybridized carbons (Fsp3) is 0.250. The number of alkyl halides is 1. The van der Waals surface area contributed by atoms with Gasteiger partial charge >= 0.3 is 0 Å². The number of halogens is 2. The molecule has 0 amide bonds. The number of hydrogen-bond donors (Lipinski definition) is 1. The highest BCUT2D eigenvalue weighted by Gasteiger charge is 1.96. The Bertz CT molecular complexity index is 230. The highest BCUT2D eigenvalue weighted by molar-refractivity contribution is 6.30. The van der Waals surface area contributed by atoms with Crippen LogP contribution in [0.5, 0.6) is 0 Å². The van der Waals surface area contributed by atoms with E-state index in [1.54, 1.807) is 18.2 Å². The van der Waals surface area contributed by atoms with Crippen molar-refractivity contribution in [2.75, 3.05) is 12.4 Å². The Kier molecular flexibility index (Phi) is 2.71. The molecule has 0 spiro atoms. The Morgan fingerprint density at radius 3 is 2.64 bits per heavy atom. The molecule has 0 saturated heterocycles. The Balaban J connectivity index is 2.89. The number of aryl methyl sites for hydroxylation is 1. The van der Waals surface area contributed by atoms with Crippen molar-refractivity contribution in [2.24, 2.45) is 0 Å². The van der Waals surface area contributed by atoms with Crippen LogP contribution in [-0.4, -0.2) is 6.67 Å². The molecule has 1 nitrogen and oxygen atoms in total. The summed E-state index contributed by atoms with van der Waals surface area (Å²) >= 11 is 5.68. The van der Waals surface area contributed by atoms with Crippen LogP contribution in [-0.2, 0) is 6.42 Å². The van der Waals surface area contributed by atoms with Gasteiger partial charge in [0, 0.05) is 17.1 Å². The van der Waals surface area contributed by atoms with Gasteiger partial charge in [0.15, 0.2) is 0 Å². The normalized spacial score (nSPS) is 10.0. The molecule has 0 atom stereocenters. The van der Waals surface area contributed by atoms with Gasteiger partial charge in [0.25, 0.3) is 0 Å². The molecule has 0 aliphatic rings. The highest BCUT2D eigenvalue weighted by atomic mass is 35.5. The van der Waals surface area contributed by atoms with Crippen LogP contribution >= 0.6 is 11.6 Å². The molecule has 0 fully saturated rings. The van der Waals surface area contributed by atoms with Crippen LogP contribution in [0.4, 0.5) is 10.1 Å². The van der Waals surface area contributed by atoms with E-state index >= 15 is 0 Å². The van der Waals surface area contributed by atoms with Crippen LogP contribution in [0.3, 0.4) is 0 Å². The summed E-state index contributed by atoms with van der Waals surface area (Å²) in [5, 5.41) is 0.563. The Morgan fingerprint density at radius 1 is 1.36 bits per heavy atom. The lowest BCUT2D eigenvalue weighted by molar-refractivity contribution is 0.495. The molecule has 0 saturated carbocycles. The predicted octanol–water partition coefficient (Wildman–Crippen LogP) is 2.43. The molecule has 0 heterocycles. The largest absolute Gasteiger partial charge is 0.399 e. The zero-order valence-electron chi connectivity index (χ0n) is 5.98. The van der Waals surface area contributed by atoms with Crippen molar-refractivity contribution in [2.45, 2.75) is 6.42 Å². The average molecular weight is 174 g/mol. The summed E-state index contributed by atoms with van der Waals surface area (Å²) in [5.41, 5.74) is 6.91. The molecular weight excluding hydrogens is 165 g/mol. The van der Waals surface area contributed by atoms with Crippen molar-refractivity contribution in [3.63, 3.8) is 0 Å². The van der Waals surface area contributed by atoms with E-state index in [0.29, 0.717) is 17.1 Å². The lowest BCUT2D eigenvalue weighted by atomic mass is 10.1. The van der Waals surface area contributed by atoms with Crippen LogP contribution in [0.25, 0.3) is 0 Å². The van der Waals surface area contributed by atoms with Crippen molar-refractivity contribution >= 4 is 17.3 Å². The second kappa shape index (κ2) is 3.58. The van der Waals surface area contributed by atoms with Gasteiger partial charge in [-0.1, -0.05) is 11.6 Å². The van der Waals surface area contributed by atoms with Gasteiger partial charge in [0.1, 0.15) is 0 Å². The molecule has 1 rings (SSSR count). The van der Waals surface area contributed by atoms with Gasteiger partial charge in [-0.3, -0.25) is 4.39 Å².